The third-order valence-corrected chi connectivity index (χ3v) is 4.35. The van der Waals surface area contributed by atoms with Gasteiger partial charge in [-0.15, -0.1) is 0 Å². The third kappa shape index (κ3) is 6.20. The molecule has 2 aromatic carbocycles. The quantitative estimate of drug-likeness (QED) is 0.449. The zero-order valence-corrected chi connectivity index (χ0v) is 18.0. The van der Waals surface area contributed by atoms with Crippen LogP contribution in [0, 0.1) is 0 Å². The summed E-state index contributed by atoms with van der Waals surface area (Å²) in [6.45, 7) is -0.292. The number of benzene rings is 2. The van der Waals surface area contributed by atoms with Gasteiger partial charge in [-0.1, -0.05) is 18.2 Å². The number of anilines is 1. The number of nitrogens with zero attached hydrogens (tertiary/aromatic N) is 1. The lowest BCUT2D eigenvalue weighted by molar-refractivity contribution is -0.118. The number of carbonyl (C=O) groups excluding carboxylic acids is 3. The number of amides is 3. The highest BCUT2D eigenvalue weighted by Gasteiger charge is 2.14. The van der Waals surface area contributed by atoms with Crippen molar-refractivity contribution in [3.63, 3.8) is 0 Å². The Kier molecular flexibility index (Phi) is 7.79. The second-order valence-corrected chi connectivity index (χ2v) is 6.53. The highest BCUT2D eigenvalue weighted by molar-refractivity contribution is 5.98. The molecule has 0 atom stereocenters. The van der Waals surface area contributed by atoms with Crippen LogP contribution in [0.25, 0.3) is 0 Å². The van der Waals surface area contributed by atoms with E-state index in [1.54, 1.807) is 36.4 Å². The first-order valence-corrected chi connectivity index (χ1v) is 9.77. The van der Waals surface area contributed by atoms with Crippen LogP contribution in [0.15, 0.2) is 66.9 Å². The molecule has 33 heavy (non-hydrogen) atoms. The van der Waals surface area contributed by atoms with Gasteiger partial charge in [-0.25, -0.2) is 0 Å². The number of hydrogen-bond donors (Lipinski definition) is 3. The van der Waals surface area contributed by atoms with E-state index < -0.39 is 17.7 Å². The molecule has 3 amide bonds. The SMILES string of the molecule is COc1ccccc1NC(=O)COc1ccc(C(=O)NNC(=O)c2ccccn2)cc1OC. The van der Waals surface area contributed by atoms with Crippen LogP contribution in [-0.4, -0.2) is 43.5 Å². The van der Waals surface area contributed by atoms with Crippen molar-refractivity contribution in [2.45, 2.75) is 0 Å². The molecule has 0 fully saturated rings. The summed E-state index contributed by atoms with van der Waals surface area (Å²) in [7, 11) is 2.91. The molecule has 0 saturated heterocycles. The molecule has 0 aliphatic carbocycles. The molecule has 10 heteroatoms. The maximum atomic E-state index is 12.4. The van der Waals surface area contributed by atoms with Gasteiger partial charge in [0.25, 0.3) is 17.7 Å². The van der Waals surface area contributed by atoms with Crippen LogP contribution in [-0.2, 0) is 4.79 Å². The molecule has 0 spiro atoms. The first kappa shape index (κ1) is 23.1. The van der Waals surface area contributed by atoms with Gasteiger partial charge >= 0.3 is 0 Å². The lowest BCUT2D eigenvalue weighted by Gasteiger charge is -2.13. The fourth-order valence-electron chi connectivity index (χ4n) is 2.75. The minimum absolute atomic E-state index is 0.158. The van der Waals surface area contributed by atoms with E-state index in [4.69, 9.17) is 14.2 Å². The van der Waals surface area contributed by atoms with E-state index >= 15 is 0 Å². The summed E-state index contributed by atoms with van der Waals surface area (Å²) in [5, 5.41) is 2.70. The van der Waals surface area contributed by atoms with Crippen molar-refractivity contribution in [2.75, 3.05) is 26.1 Å². The Hall–Kier alpha value is -4.60. The zero-order valence-electron chi connectivity index (χ0n) is 18.0. The molecule has 0 unspecified atom stereocenters. The number of para-hydroxylation sites is 2. The number of aromatic nitrogens is 1. The van der Waals surface area contributed by atoms with Crippen molar-refractivity contribution < 1.29 is 28.6 Å². The molecule has 0 bridgehead atoms. The first-order chi connectivity index (χ1) is 16.0. The molecule has 0 aliphatic heterocycles. The summed E-state index contributed by atoms with van der Waals surface area (Å²) in [5.41, 5.74) is 5.47. The summed E-state index contributed by atoms with van der Waals surface area (Å²) >= 11 is 0. The molecular formula is C23H22N4O6. The minimum Gasteiger partial charge on any atom is -0.495 e. The molecule has 0 radical (unpaired) electrons. The molecular weight excluding hydrogens is 428 g/mol. The molecule has 3 aromatic rings. The normalized spacial score (nSPS) is 10.0. The van der Waals surface area contributed by atoms with Crippen LogP contribution in [0.3, 0.4) is 0 Å². The van der Waals surface area contributed by atoms with Crippen LogP contribution in [0.1, 0.15) is 20.8 Å². The number of hydrogen-bond acceptors (Lipinski definition) is 7. The number of rotatable bonds is 8. The largest absolute Gasteiger partial charge is 0.495 e. The van der Waals surface area contributed by atoms with Crippen molar-refractivity contribution in [2.24, 2.45) is 0 Å². The molecule has 0 saturated carbocycles. The van der Waals surface area contributed by atoms with Gasteiger partial charge in [0.1, 0.15) is 11.4 Å². The van der Waals surface area contributed by atoms with Gasteiger partial charge in [-0.3, -0.25) is 30.2 Å². The van der Waals surface area contributed by atoms with Crippen molar-refractivity contribution in [3.05, 3.63) is 78.1 Å². The Balaban J connectivity index is 1.58. The van der Waals surface area contributed by atoms with Crippen LogP contribution in [0.5, 0.6) is 17.2 Å². The van der Waals surface area contributed by atoms with E-state index in [0.29, 0.717) is 11.4 Å². The average molecular weight is 450 g/mol. The molecule has 3 rings (SSSR count). The van der Waals surface area contributed by atoms with Crippen LogP contribution in [0.2, 0.25) is 0 Å². The van der Waals surface area contributed by atoms with Crippen molar-refractivity contribution in [3.8, 4) is 17.2 Å². The average Bonchev–Trinajstić information content (AvgIpc) is 2.86. The predicted molar refractivity (Wildman–Crippen MR) is 119 cm³/mol. The maximum absolute atomic E-state index is 12.4. The van der Waals surface area contributed by atoms with E-state index in [9.17, 15) is 14.4 Å². The molecule has 170 valence electrons. The summed E-state index contributed by atoms with van der Waals surface area (Å²) in [4.78, 5) is 40.5. The third-order valence-electron chi connectivity index (χ3n) is 4.35. The fraction of sp³-hybridized carbons (Fsp3) is 0.130. The van der Waals surface area contributed by atoms with Gasteiger partial charge in [0.05, 0.1) is 19.9 Å². The van der Waals surface area contributed by atoms with Gasteiger partial charge in [-0.2, -0.15) is 0 Å². The molecule has 10 nitrogen and oxygen atoms in total. The fourth-order valence-corrected chi connectivity index (χ4v) is 2.75. The lowest BCUT2D eigenvalue weighted by Crippen LogP contribution is -2.41. The van der Waals surface area contributed by atoms with Crippen molar-refractivity contribution >= 4 is 23.4 Å². The Morgan fingerprint density at radius 1 is 0.818 bits per heavy atom. The number of pyridine rings is 1. The standard InChI is InChI=1S/C23H22N4O6/c1-31-18-9-4-3-7-16(18)25-21(28)14-33-19-11-10-15(13-20(19)32-2)22(29)26-27-23(30)17-8-5-6-12-24-17/h3-13H,14H2,1-2H3,(H,25,28)(H,26,29)(H,27,30). The highest BCUT2D eigenvalue weighted by atomic mass is 16.5. The second-order valence-electron chi connectivity index (χ2n) is 6.53. The second kappa shape index (κ2) is 11.1. The number of hydrazine groups is 1. The minimum atomic E-state index is -0.571. The van der Waals surface area contributed by atoms with E-state index in [1.165, 1.54) is 44.7 Å². The molecule has 1 aromatic heterocycles. The topological polar surface area (TPSA) is 128 Å². The van der Waals surface area contributed by atoms with E-state index in [-0.39, 0.29) is 29.4 Å². The first-order valence-electron chi connectivity index (χ1n) is 9.77. The summed E-state index contributed by atoms with van der Waals surface area (Å²) < 4.78 is 16.0. The van der Waals surface area contributed by atoms with E-state index in [2.05, 4.69) is 21.2 Å². The highest BCUT2D eigenvalue weighted by Crippen LogP contribution is 2.28. The van der Waals surface area contributed by atoms with Crippen LogP contribution in [0.4, 0.5) is 5.69 Å². The Labute approximate surface area is 189 Å². The van der Waals surface area contributed by atoms with Crippen LogP contribution < -0.4 is 30.4 Å². The number of nitrogens with one attached hydrogen (secondary N) is 3. The Bertz CT molecular complexity index is 1140. The monoisotopic (exact) mass is 450 g/mol. The van der Waals surface area contributed by atoms with E-state index in [1.807, 2.05) is 0 Å². The van der Waals surface area contributed by atoms with Gasteiger partial charge in [0, 0.05) is 11.8 Å². The number of methoxy groups -OCH3 is 2. The summed E-state index contributed by atoms with van der Waals surface area (Å²) in [6.07, 6.45) is 1.47. The van der Waals surface area contributed by atoms with Gasteiger partial charge < -0.3 is 19.5 Å². The molecule has 3 N–H and O–H groups in total. The summed E-state index contributed by atoms with van der Waals surface area (Å²) in [5.74, 6) is -0.505. The maximum Gasteiger partial charge on any atom is 0.288 e. The van der Waals surface area contributed by atoms with E-state index in [0.717, 1.165) is 0 Å². The Morgan fingerprint density at radius 3 is 2.27 bits per heavy atom. The lowest BCUT2D eigenvalue weighted by atomic mass is 10.2. The Morgan fingerprint density at radius 2 is 1.55 bits per heavy atom. The van der Waals surface area contributed by atoms with Gasteiger partial charge in [0.2, 0.25) is 0 Å². The predicted octanol–water partition coefficient (Wildman–Crippen LogP) is 2.19. The van der Waals surface area contributed by atoms with Gasteiger partial charge in [-0.05, 0) is 42.5 Å². The number of ether oxygens (including phenoxy) is 3. The summed E-state index contributed by atoms with van der Waals surface area (Å²) in [6, 6.07) is 16.2. The van der Waals surface area contributed by atoms with Gasteiger partial charge in [0.15, 0.2) is 18.1 Å². The van der Waals surface area contributed by atoms with Crippen molar-refractivity contribution in [1.29, 1.82) is 0 Å². The number of carbonyl (C=O) groups is 3. The molecule has 0 aliphatic rings. The zero-order chi connectivity index (χ0) is 23.6. The van der Waals surface area contributed by atoms with Crippen molar-refractivity contribution in [1.82, 2.24) is 15.8 Å². The van der Waals surface area contributed by atoms with Crippen LogP contribution >= 0.6 is 0 Å². The molecule has 1 heterocycles. The smallest absolute Gasteiger partial charge is 0.288 e.